The van der Waals surface area contributed by atoms with Gasteiger partial charge in [0.25, 0.3) is 0 Å². The molecule has 0 aliphatic heterocycles. The van der Waals surface area contributed by atoms with Gasteiger partial charge in [-0.2, -0.15) is 0 Å². The van der Waals surface area contributed by atoms with Gasteiger partial charge in [-0.05, 0) is 25.3 Å². The normalized spacial score (nSPS) is 11.8. The predicted molar refractivity (Wildman–Crippen MR) is 97.1 cm³/mol. The lowest BCUT2D eigenvalue weighted by Gasteiger charge is -2.18. The minimum Gasteiger partial charge on any atom is -0.341 e. The van der Waals surface area contributed by atoms with Crippen molar-refractivity contribution in [2.75, 3.05) is 5.32 Å². The van der Waals surface area contributed by atoms with Crippen molar-refractivity contribution in [2.45, 2.75) is 46.1 Å². The zero-order valence-electron chi connectivity index (χ0n) is 14.3. The second-order valence-corrected chi connectivity index (χ2v) is 6.76. The second kappa shape index (κ2) is 8.59. The van der Waals surface area contributed by atoms with Crippen molar-refractivity contribution in [1.29, 1.82) is 0 Å². The second-order valence-electron chi connectivity index (χ2n) is 5.55. The van der Waals surface area contributed by atoms with Crippen molar-refractivity contribution >= 4 is 28.3 Å². The van der Waals surface area contributed by atoms with Crippen LogP contribution >= 0.6 is 11.3 Å². The molecule has 0 aliphatic rings. The summed E-state index contributed by atoms with van der Waals surface area (Å²) in [6, 6.07) is 9.52. The van der Waals surface area contributed by atoms with E-state index >= 15 is 0 Å². The summed E-state index contributed by atoms with van der Waals surface area (Å²) in [7, 11) is 0. The average Bonchev–Trinajstić information content (AvgIpc) is 2.94. The Hall–Kier alpha value is -2.21. The number of hydrogen-bond donors (Lipinski definition) is 2. The molecule has 0 bridgehead atoms. The van der Waals surface area contributed by atoms with Crippen molar-refractivity contribution in [2.24, 2.45) is 0 Å². The molecule has 2 N–H and O–H groups in total. The van der Waals surface area contributed by atoms with Crippen LogP contribution in [0.3, 0.4) is 0 Å². The van der Waals surface area contributed by atoms with E-state index in [1.807, 2.05) is 51.1 Å². The van der Waals surface area contributed by atoms with Gasteiger partial charge < -0.3 is 5.32 Å². The average molecular weight is 345 g/mol. The monoisotopic (exact) mass is 345 g/mol. The molecule has 0 spiro atoms. The highest BCUT2D eigenvalue weighted by Crippen LogP contribution is 2.22. The van der Waals surface area contributed by atoms with Crippen molar-refractivity contribution < 1.29 is 9.59 Å². The Morgan fingerprint density at radius 3 is 2.46 bits per heavy atom. The molecule has 2 rings (SSSR count). The van der Waals surface area contributed by atoms with Crippen LogP contribution in [0.15, 0.2) is 30.3 Å². The van der Waals surface area contributed by atoms with Crippen molar-refractivity contribution in [3.63, 3.8) is 0 Å². The first-order chi connectivity index (χ1) is 11.5. The van der Waals surface area contributed by atoms with Gasteiger partial charge in [0.05, 0.1) is 11.7 Å². The number of carbonyl (C=O) groups excluding carboxylic acids is 2. The molecule has 0 saturated carbocycles. The van der Waals surface area contributed by atoms with E-state index in [0.29, 0.717) is 5.13 Å². The van der Waals surface area contributed by atoms with Gasteiger partial charge in [0, 0.05) is 4.88 Å². The lowest BCUT2D eigenvalue weighted by molar-refractivity contribution is -0.136. The molecule has 2 amide bonds. The third-order valence-corrected chi connectivity index (χ3v) is 4.67. The molecule has 6 heteroatoms. The first-order valence-corrected chi connectivity index (χ1v) is 8.99. The number of rotatable bonds is 6. The SMILES string of the molecule is CCCC(NC(=O)C(=O)Nc1nc(CC)c(C)s1)c1ccccc1. The van der Waals surface area contributed by atoms with Crippen LogP contribution in [-0.4, -0.2) is 16.8 Å². The summed E-state index contributed by atoms with van der Waals surface area (Å²) < 4.78 is 0. The third-order valence-electron chi connectivity index (χ3n) is 3.74. The Labute approximate surface area is 146 Å². The summed E-state index contributed by atoms with van der Waals surface area (Å²) >= 11 is 1.39. The number of nitrogens with one attached hydrogen (secondary N) is 2. The molecule has 5 nitrogen and oxygen atoms in total. The summed E-state index contributed by atoms with van der Waals surface area (Å²) in [5.74, 6) is -1.31. The number of anilines is 1. The summed E-state index contributed by atoms with van der Waals surface area (Å²) in [5.41, 5.74) is 1.95. The third kappa shape index (κ3) is 4.64. The smallest absolute Gasteiger partial charge is 0.315 e. The lowest BCUT2D eigenvalue weighted by atomic mass is 10.0. The van der Waals surface area contributed by atoms with E-state index in [1.54, 1.807) is 0 Å². The Morgan fingerprint density at radius 1 is 1.17 bits per heavy atom. The Morgan fingerprint density at radius 2 is 1.88 bits per heavy atom. The molecule has 2 aromatic rings. The lowest BCUT2D eigenvalue weighted by Crippen LogP contribution is -2.37. The largest absolute Gasteiger partial charge is 0.341 e. The standard InChI is InChI=1S/C18H23N3O2S/c1-4-9-15(13-10-7-6-8-11-13)19-16(22)17(23)21-18-20-14(5-2)12(3)24-18/h6-8,10-11,15H,4-5,9H2,1-3H3,(H,19,22)(H,20,21,23). The van der Waals surface area contributed by atoms with Crippen LogP contribution in [0.1, 0.15) is 48.9 Å². The Kier molecular flexibility index (Phi) is 6.49. The van der Waals surface area contributed by atoms with E-state index in [-0.39, 0.29) is 6.04 Å². The summed E-state index contributed by atoms with van der Waals surface area (Å²) in [6.07, 6.45) is 2.49. The van der Waals surface area contributed by atoms with Crippen LogP contribution < -0.4 is 10.6 Å². The van der Waals surface area contributed by atoms with Gasteiger partial charge >= 0.3 is 11.8 Å². The van der Waals surface area contributed by atoms with Gasteiger partial charge in [-0.25, -0.2) is 4.98 Å². The fourth-order valence-corrected chi connectivity index (χ4v) is 3.38. The number of benzene rings is 1. The van der Waals surface area contributed by atoms with E-state index in [2.05, 4.69) is 15.6 Å². The summed E-state index contributed by atoms with van der Waals surface area (Å²) in [6.45, 7) is 6.02. The molecule has 128 valence electrons. The molecule has 1 aromatic heterocycles. The van der Waals surface area contributed by atoms with E-state index in [1.165, 1.54) is 11.3 Å². The van der Waals surface area contributed by atoms with Crippen molar-refractivity contribution in [3.8, 4) is 0 Å². The number of hydrogen-bond acceptors (Lipinski definition) is 4. The van der Waals surface area contributed by atoms with Crippen LogP contribution in [0.4, 0.5) is 5.13 Å². The molecule has 1 heterocycles. The summed E-state index contributed by atoms with van der Waals surface area (Å²) in [4.78, 5) is 29.7. The van der Waals surface area contributed by atoms with E-state index < -0.39 is 11.8 Å². The molecule has 0 fully saturated rings. The number of thiazole rings is 1. The van der Waals surface area contributed by atoms with Crippen LogP contribution in [0, 0.1) is 6.92 Å². The van der Waals surface area contributed by atoms with Gasteiger partial charge in [0.15, 0.2) is 5.13 Å². The number of amides is 2. The van der Waals surface area contributed by atoms with Gasteiger partial charge in [0.2, 0.25) is 0 Å². The van der Waals surface area contributed by atoms with Crippen LogP contribution in [0.25, 0.3) is 0 Å². The van der Waals surface area contributed by atoms with Gasteiger partial charge in [0.1, 0.15) is 0 Å². The minimum absolute atomic E-state index is 0.168. The van der Waals surface area contributed by atoms with E-state index in [4.69, 9.17) is 0 Å². The number of aryl methyl sites for hydroxylation is 2. The van der Waals surface area contributed by atoms with E-state index in [9.17, 15) is 9.59 Å². The number of nitrogens with zero attached hydrogens (tertiary/aromatic N) is 1. The maximum absolute atomic E-state index is 12.2. The van der Waals surface area contributed by atoms with Crippen molar-refractivity contribution in [3.05, 3.63) is 46.5 Å². The predicted octanol–water partition coefficient (Wildman–Crippen LogP) is 3.61. The molecular weight excluding hydrogens is 322 g/mol. The van der Waals surface area contributed by atoms with Crippen LogP contribution in [-0.2, 0) is 16.0 Å². The Bertz CT molecular complexity index is 698. The molecular formula is C18H23N3O2S. The molecule has 0 aliphatic carbocycles. The maximum atomic E-state index is 12.2. The summed E-state index contributed by atoms with van der Waals surface area (Å²) in [5, 5.41) is 5.88. The Balaban J connectivity index is 2.02. The molecule has 0 saturated heterocycles. The quantitative estimate of drug-likeness (QED) is 0.786. The fraction of sp³-hybridized carbons (Fsp3) is 0.389. The molecule has 0 radical (unpaired) electrons. The highest BCUT2D eigenvalue weighted by molar-refractivity contribution is 7.15. The highest BCUT2D eigenvalue weighted by Gasteiger charge is 2.20. The topological polar surface area (TPSA) is 71.1 Å². The maximum Gasteiger partial charge on any atom is 0.315 e. The zero-order chi connectivity index (χ0) is 17.5. The first-order valence-electron chi connectivity index (χ1n) is 8.18. The zero-order valence-corrected chi connectivity index (χ0v) is 15.1. The van der Waals surface area contributed by atoms with Crippen LogP contribution in [0.2, 0.25) is 0 Å². The molecule has 24 heavy (non-hydrogen) atoms. The fourth-order valence-electron chi connectivity index (χ4n) is 2.48. The van der Waals surface area contributed by atoms with Crippen LogP contribution in [0.5, 0.6) is 0 Å². The number of carbonyl (C=O) groups is 2. The van der Waals surface area contributed by atoms with Gasteiger partial charge in [-0.1, -0.05) is 50.6 Å². The minimum atomic E-state index is -0.677. The number of aromatic nitrogens is 1. The van der Waals surface area contributed by atoms with Gasteiger partial charge in [-0.3, -0.25) is 14.9 Å². The molecule has 1 atom stereocenters. The molecule has 1 aromatic carbocycles. The highest BCUT2D eigenvalue weighted by atomic mass is 32.1. The van der Waals surface area contributed by atoms with E-state index in [0.717, 1.165) is 35.4 Å². The molecule has 1 unspecified atom stereocenters. The van der Waals surface area contributed by atoms with Gasteiger partial charge in [-0.15, -0.1) is 11.3 Å². The van der Waals surface area contributed by atoms with Crippen molar-refractivity contribution in [1.82, 2.24) is 10.3 Å². The first kappa shape index (κ1) is 18.1.